The van der Waals surface area contributed by atoms with Gasteiger partial charge >= 0.3 is 11.6 Å². The third-order valence-corrected chi connectivity index (χ3v) is 5.04. The fourth-order valence-electron chi connectivity index (χ4n) is 3.55. The van der Waals surface area contributed by atoms with E-state index in [1.165, 1.54) is 20.3 Å². The summed E-state index contributed by atoms with van der Waals surface area (Å²) in [6.45, 7) is 1.87. The van der Waals surface area contributed by atoms with Crippen molar-refractivity contribution in [1.82, 2.24) is 0 Å². The molecule has 0 saturated heterocycles. The van der Waals surface area contributed by atoms with Gasteiger partial charge < -0.3 is 18.6 Å². The summed E-state index contributed by atoms with van der Waals surface area (Å²) in [4.78, 5) is 25.5. The SMILES string of the molecule is COc1cccc(OC)c1C(=O)Oc1ccc2c(C)c(-c3ccccc3)c(=O)oc2c1. The molecule has 0 spiro atoms. The van der Waals surface area contributed by atoms with Crippen molar-refractivity contribution in [2.75, 3.05) is 14.2 Å². The van der Waals surface area contributed by atoms with Gasteiger partial charge in [-0.05, 0) is 42.3 Å². The fraction of sp³-hybridized carbons (Fsp3) is 0.120. The number of esters is 1. The molecular weight excluding hydrogens is 396 g/mol. The molecule has 6 heteroatoms. The Morgan fingerprint density at radius 3 is 2.19 bits per heavy atom. The minimum absolute atomic E-state index is 0.171. The van der Waals surface area contributed by atoms with Crippen LogP contribution in [0, 0.1) is 6.92 Å². The van der Waals surface area contributed by atoms with Crippen LogP contribution in [0.3, 0.4) is 0 Å². The number of benzene rings is 3. The van der Waals surface area contributed by atoms with Crippen molar-refractivity contribution in [2.45, 2.75) is 6.92 Å². The predicted octanol–water partition coefficient (Wildman–Crippen LogP) is 5.00. The maximum absolute atomic E-state index is 12.8. The van der Waals surface area contributed by atoms with Crippen molar-refractivity contribution >= 4 is 16.9 Å². The molecule has 0 fully saturated rings. The first-order valence-corrected chi connectivity index (χ1v) is 9.59. The van der Waals surface area contributed by atoms with Gasteiger partial charge in [-0.1, -0.05) is 36.4 Å². The monoisotopic (exact) mass is 416 g/mol. The highest BCUT2D eigenvalue weighted by Gasteiger charge is 2.21. The minimum Gasteiger partial charge on any atom is -0.496 e. The molecule has 3 aromatic carbocycles. The largest absolute Gasteiger partial charge is 0.496 e. The summed E-state index contributed by atoms with van der Waals surface area (Å²) in [6.07, 6.45) is 0. The summed E-state index contributed by atoms with van der Waals surface area (Å²) in [7, 11) is 2.92. The van der Waals surface area contributed by atoms with Crippen LogP contribution < -0.4 is 19.8 Å². The molecule has 0 atom stereocenters. The van der Waals surface area contributed by atoms with Crippen LogP contribution in [0.1, 0.15) is 15.9 Å². The smallest absolute Gasteiger partial charge is 0.351 e. The Balaban J connectivity index is 1.73. The first kappa shape index (κ1) is 20.2. The van der Waals surface area contributed by atoms with Crippen molar-refractivity contribution in [2.24, 2.45) is 0 Å². The Morgan fingerprint density at radius 2 is 1.55 bits per heavy atom. The number of carbonyl (C=O) groups excluding carboxylic acids is 1. The van der Waals surface area contributed by atoms with E-state index in [0.717, 1.165) is 16.5 Å². The lowest BCUT2D eigenvalue weighted by Gasteiger charge is -2.13. The summed E-state index contributed by atoms with van der Waals surface area (Å²) in [5, 5.41) is 0.758. The molecule has 6 nitrogen and oxygen atoms in total. The van der Waals surface area contributed by atoms with E-state index in [0.29, 0.717) is 22.6 Å². The number of aryl methyl sites for hydroxylation is 1. The van der Waals surface area contributed by atoms with Gasteiger partial charge in [-0.15, -0.1) is 0 Å². The molecule has 0 N–H and O–H groups in total. The summed E-state index contributed by atoms with van der Waals surface area (Å²) in [5.41, 5.74) is 2.14. The van der Waals surface area contributed by atoms with E-state index >= 15 is 0 Å². The second-order valence-corrected chi connectivity index (χ2v) is 6.84. The number of methoxy groups -OCH3 is 2. The molecule has 0 radical (unpaired) electrons. The fourth-order valence-corrected chi connectivity index (χ4v) is 3.55. The normalized spacial score (nSPS) is 10.7. The molecule has 156 valence electrons. The number of hydrogen-bond donors (Lipinski definition) is 0. The first-order valence-electron chi connectivity index (χ1n) is 9.59. The van der Waals surface area contributed by atoms with E-state index in [9.17, 15) is 9.59 Å². The molecule has 0 amide bonds. The van der Waals surface area contributed by atoms with Crippen LogP contribution in [0.2, 0.25) is 0 Å². The van der Waals surface area contributed by atoms with Crippen LogP contribution in [-0.4, -0.2) is 20.2 Å². The average molecular weight is 416 g/mol. The Labute approximate surface area is 178 Å². The summed E-state index contributed by atoms with van der Waals surface area (Å²) >= 11 is 0. The number of rotatable bonds is 5. The zero-order chi connectivity index (χ0) is 22.0. The second kappa shape index (κ2) is 8.36. The van der Waals surface area contributed by atoms with E-state index in [2.05, 4.69) is 0 Å². The van der Waals surface area contributed by atoms with Gasteiger partial charge in [0.05, 0.1) is 19.8 Å². The van der Waals surface area contributed by atoms with Crippen LogP contribution in [-0.2, 0) is 0 Å². The van der Waals surface area contributed by atoms with E-state index in [1.54, 1.807) is 30.3 Å². The zero-order valence-electron chi connectivity index (χ0n) is 17.3. The third-order valence-electron chi connectivity index (χ3n) is 5.04. The van der Waals surface area contributed by atoms with Crippen LogP contribution in [0.4, 0.5) is 0 Å². The van der Waals surface area contributed by atoms with Gasteiger partial charge in [-0.25, -0.2) is 9.59 Å². The Kier molecular flexibility index (Phi) is 5.45. The number of fused-ring (bicyclic) bond motifs is 1. The molecule has 0 bridgehead atoms. The van der Waals surface area contributed by atoms with E-state index in [-0.39, 0.29) is 11.3 Å². The Morgan fingerprint density at radius 1 is 0.871 bits per heavy atom. The third kappa shape index (κ3) is 3.75. The van der Waals surface area contributed by atoms with Crippen LogP contribution in [0.25, 0.3) is 22.1 Å². The lowest BCUT2D eigenvalue weighted by Crippen LogP contribution is -2.12. The van der Waals surface area contributed by atoms with Crippen molar-refractivity contribution in [3.8, 4) is 28.4 Å². The molecule has 0 aliphatic heterocycles. The number of hydrogen-bond acceptors (Lipinski definition) is 6. The average Bonchev–Trinajstić information content (AvgIpc) is 2.78. The second-order valence-electron chi connectivity index (χ2n) is 6.84. The lowest BCUT2D eigenvalue weighted by molar-refractivity contribution is 0.0727. The van der Waals surface area contributed by atoms with Gasteiger partial charge in [0.15, 0.2) is 0 Å². The summed E-state index contributed by atoms with van der Waals surface area (Å²) in [5.74, 6) is 0.258. The topological polar surface area (TPSA) is 75.0 Å². The molecule has 0 aliphatic carbocycles. The molecule has 4 aromatic rings. The van der Waals surface area contributed by atoms with E-state index in [4.69, 9.17) is 18.6 Å². The Bertz CT molecular complexity index is 1300. The maximum Gasteiger partial charge on any atom is 0.351 e. The van der Waals surface area contributed by atoms with Gasteiger partial charge in [0.2, 0.25) is 0 Å². The van der Waals surface area contributed by atoms with Gasteiger partial charge in [0, 0.05) is 11.5 Å². The number of carbonyl (C=O) groups is 1. The van der Waals surface area contributed by atoms with Crippen LogP contribution in [0.5, 0.6) is 17.2 Å². The highest BCUT2D eigenvalue weighted by Crippen LogP contribution is 2.32. The highest BCUT2D eigenvalue weighted by molar-refractivity contribution is 5.97. The predicted molar refractivity (Wildman–Crippen MR) is 117 cm³/mol. The van der Waals surface area contributed by atoms with E-state index < -0.39 is 11.6 Å². The number of ether oxygens (including phenoxy) is 3. The van der Waals surface area contributed by atoms with Crippen LogP contribution >= 0.6 is 0 Å². The molecule has 1 heterocycles. The first-order chi connectivity index (χ1) is 15.0. The minimum atomic E-state index is -0.645. The maximum atomic E-state index is 12.8. The summed E-state index contributed by atoms with van der Waals surface area (Å²) in [6, 6.07) is 19.3. The van der Waals surface area contributed by atoms with Crippen LogP contribution in [0.15, 0.2) is 75.9 Å². The van der Waals surface area contributed by atoms with Gasteiger partial charge in [-0.2, -0.15) is 0 Å². The van der Waals surface area contributed by atoms with Gasteiger partial charge in [0.25, 0.3) is 0 Å². The van der Waals surface area contributed by atoms with Crippen molar-refractivity contribution in [3.63, 3.8) is 0 Å². The van der Waals surface area contributed by atoms with Gasteiger partial charge in [-0.3, -0.25) is 0 Å². The lowest BCUT2D eigenvalue weighted by atomic mass is 10.00. The van der Waals surface area contributed by atoms with Crippen molar-refractivity contribution < 1.29 is 23.4 Å². The molecule has 0 saturated carbocycles. The Hall–Kier alpha value is -4.06. The standard InChI is InChI=1S/C25H20O6/c1-15-18-13-12-17(30-25(27)23-19(28-2)10-7-11-20(23)29-3)14-21(18)31-24(26)22(15)16-8-5-4-6-9-16/h4-14H,1-3H3. The highest BCUT2D eigenvalue weighted by atomic mass is 16.5. The van der Waals surface area contributed by atoms with Gasteiger partial charge in [0.1, 0.15) is 28.4 Å². The van der Waals surface area contributed by atoms with E-state index in [1.807, 2.05) is 37.3 Å². The molecule has 0 aliphatic rings. The van der Waals surface area contributed by atoms with Crippen molar-refractivity contribution in [1.29, 1.82) is 0 Å². The molecule has 4 rings (SSSR count). The molecular formula is C25H20O6. The molecule has 1 aromatic heterocycles. The quantitative estimate of drug-likeness (QED) is 0.259. The van der Waals surface area contributed by atoms with Crippen molar-refractivity contribution in [3.05, 3.63) is 88.3 Å². The summed E-state index contributed by atoms with van der Waals surface area (Å²) < 4.78 is 21.6. The molecule has 31 heavy (non-hydrogen) atoms. The molecule has 0 unspecified atom stereocenters. The zero-order valence-corrected chi connectivity index (χ0v) is 17.3.